The first kappa shape index (κ1) is 12.2. The van der Waals surface area contributed by atoms with Gasteiger partial charge in [-0.3, -0.25) is 0 Å². The Labute approximate surface area is 107 Å². The van der Waals surface area contributed by atoms with Crippen LogP contribution in [0, 0.1) is 6.92 Å². The van der Waals surface area contributed by atoms with Gasteiger partial charge in [-0.05, 0) is 42.0 Å². The lowest BCUT2D eigenvalue weighted by molar-refractivity contribution is 0.734. The fraction of sp³-hybridized carbons (Fsp3) is 0.333. The Bertz CT molecular complexity index is 496. The third-order valence-corrected chi connectivity index (χ3v) is 4.22. The monoisotopic (exact) mass is 245 g/mol. The van der Waals surface area contributed by atoms with E-state index < -0.39 is 0 Å². The average Bonchev–Trinajstić information content (AvgIpc) is 2.68. The lowest BCUT2D eigenvalue weighted by atomic mass is 9.96. The first-order chi connectivity index (χ1) is 8.11. The van der Waals surface area contributed by atoms with Crippen molar-refractivity contribution in [1.29, 1.82) is 0 Å². The SMILES string of the molecule is CCC(C)c1ccc(-c2cc(N)sc2C)cc1. The highest BCUT2D eigenvalue weighted by atomic mass is 32.1. The van der Waals surface area contributed by atoms with Crippen molar-refractivity contribution in [3.8, 4) is 11.1 Å². The molecule has 0 spiro atoms. The molecule has 1 heterocycles. The summed E-state index contributed by atoms with van der Waals surface area (Å²) in [4.78, 5) is 1.29. The van der Waals surface area contributed by atoms with Gasteiger partial charge in [-0.15, -0.1) is 11.3 Å². The Balaban J connectivity index is 2.32. The van der Waals surface area contributed by atoms with Crippen LogP contribution >= 0.6 is 11.3 Å². The van der Waals surface area contributed by atoms with Crippen LogP contribution < -0.4 is 5.73 Å². The van der Waals surface area contributed by atoms with Crippen molar-refractivity contribution in [2.75, 3.05) is 5.73 Å². The van der Waals surface area contributed by atoms with Crippen LogP contribution in [-0.2, 0) is 0 Å². The number of nitrogens with two attached hydrogens (primary N) is 1. The zero-order valence-electron chi connectivity index (χ0n) is 10.7. The number of benzene rings is 1. The molecule has 0 aliphatic carbocycles. The molecule has 0 fully saturated rings. The van der Waals surface area contributed by atoms with Crippen LogP contribution in [0.1, 0.15) is 36.6 Å². The van der Waals surface area contributed by atoms with Crippen LogP contribution in [0.25, 0.3) is 11.1 Å². The van der Waals surface area contributed by atoms with E-state index in [4.69, 9.17) is 5.73 Å². The van der Waals surface area contributed by atoms with Gasteiger partial charge in [0.05, 0.1) is 5.00 Å². The summed E-state index contributed by atoms with van der Waals surface area (Å²) in [6.45, 7) is 6.62. The van der Waals surface area contributed by atoms with Crippen molar-refractivity contribution in [2.45, 2.75) is 33.1 Å². The van der Waals surface area contributed by atoms with Gasteiger partial charge in [0, 0.05) is 4.88 Å². The molecule has 1 unspecified atom stereocenters. The van der Waals surface area contributed by atoms with E-state index in [-0.39, 0.29) is 0 Å². The summed E-state index contributed by atoms with van der Waals surface area (Å²) in [7, 11) is 0. The van der Waals surface area contributed by atoms with E-state index in [1.54, 1.807) is 11.3 Å². The van der Waals surface area contributed by atoms with Gasteiger partial charge in [0.25, 0.3) is 0 Å². The Morgan fingerprint density at radius 3 is 2.35 bits per heavy atom. The molecule has 0 aliphatic heterocycles. The minimum absolute atomic E-state index is 0.637. The predicted molar refractivity (Wildman–Crippen MR) is 77.6 cm³/mol. The van der Waals surface area contributed by atoms with Crippen molar-refractivity contribution < 1.29 is 0 Å². The molecule has 0 aliphatic rings. The van der Waals surface area contributed by atoms with Gasteiger partial charge in [-0.1, -0.05) is 38.1 Å². The largest absolute Gasteiger partial charge is 0.391 e. The minimum Gasteiger partial charge on any atom is -0.391 e. The highest BCUT2D eigenvalue weighted by molar-refractivity contribution is 7.16. The molecule has 0 radical (unpaired) electrons. The van der Waals surface area contributed by atoms with Crippen LogP contribution in [0.15, 0.2) is 30.3 Å². The highest BCUT2D eigenvalue weighted by Gasteiger charge is 2.07. The predicted octanol–water partition coefficient (Wildman–Crippen LogP) is 4.82. The van der Waals surface area contributed by atoms with Gasteiger partial charge in [0.2, 0.25) is 0 Å². The Hall–Kier alpha value is -1.28. The summed E-state index contributed by atoms with van der Waals surface area (Å²) in [5.41, 5.74) is 9.78. The molecule has 1 nitrogen and oxygen atoms in total. The molecule has 1 aromatic carbocycles. The third-order valence-electron chi connectivity index (χ3n) is 3.34. The third kappa shape index (κ3) is 2.52. The number of nitrogen functional groups attached to an aromatic ring is 1. The van der Waals surface area contributed by atoms with E-state index in [9.17, 15) is 0 Å². The second-order valence-corrected chi connectivity index (χ2v) is 5.84. The smallest absolute Gasteiger partial charge is 0.0865 e. The molecule has 0 saturated carbocycles. The number of hydrogen-bond donors (Lipinski definition) is 1. The normalized spacial score (nSPS) is 12.6. The lowest BCUT2D eigenvalue weighted by Crippen LogP contribution is -1.90. The summed E-state index contributed by atoms with van der Waals surface area (Å²) < 4.78 is 0. The number of rotatable bonds is 3. The molecule has 1 atom stereocenters. The second-order valence-electron chi connectivity index (χ2n) is 4.55. The molecule has 2 heteroatoms. The maximum absolute atomic E-state index is 5.83. The van der Waals surface area contributed by atoms with E-state index in [1.165, 1.54) is 28.0 Å². The fourth-order valence-corrected chi connectivity index (χ4v) is 2.84. The minimum atomic E-state index is 0.637. The van der Waals surface area contributed by atoms with Gasteiger partial charge in [-0.2, -0.15) is 0 Å². The van der Waals surface area contributed by atoms with Crippen molar-refractivity contribution in [2.24, 2.45) is 0 Å². The fourth-order valence-electron chi connectivity index (χ4n) is 2.02. The van der Waals surface area contributed by atoms with E-state index in [0.717, 1.165) is 5.00 Å². The van der Waals surface area contributed by atoms with Crippen molar-refractivity contribution >= 4 is 16.3 Å². The molecule has 17 heavy (non-hydrogen) atoms. The van der Waals surface area contributed by atoms with Crippen molar-refractivity contribution in [3.63, 3.8) is 0 Å². The summed E-state index contributed by atoms with van der Waals surface area (Å²) in [6.07, 6.45) is 1.18. The lowest BCUT2D eigenvalue weighted by Gasteiger charge is -2.09. The van der Waals surface area contributed by atoms with E-state index in [1.807, 2.05) is 0 Å². The molecule has 0 bridgehead atoms. The van der Waals surface area contributed by atoms with Crippen LogP contribution in [0.2, 0.25) is 0 Å². The zero-order valence-corrected chi connectivity index (χ0v) is 11.5. The first-order valence-electron chi connectivity index (χ1n) is 6.08. The zero-order chi connectivity index (χ0) is 12.4. The summed E-state index contributed by atoms with van der Waals surface area (Å²) in [6, 6.07) is 10.9. The molecule has 2 rings (SSSR count). The number of anilines is 1. The van der Waals surface area contributed by atoms with Crippen LogP contribution in [0.5, 0.6) is 0 Å². The maximum Gasteiger partial charge on any atom is 0.0865 e. The Kier molecular flexibility index (Phi) is 3.53. The number of thiophene rings is 1. The van der Waals surface area contributed by atoms with Crippen LogP contribution in [0.4, 0.5) is 5.00 Å². The molecular formula is C15H19NS. The maximum atomic E-state index is 5.83. The number of hydrogen-bond acceptors (Lipinski definition) is 2. The quantitative estimate of drug-likeness (QED) is 0.824. The molecule has 90 valence electrons. The second kappa shape index (κ2) is 4.92. The molecular weight excluding hydrogens is 226 g/mol. The molecule has 0 amide bonds. The van der Waals surface area contributed by atoms with E-state index in [2.05, 4.69) is 51.1 Å². The summed E-state index contributed by atoms with van der Waals surface area (Å²) in [5.74, 6) is 0.637. The molecule has 2 N–H and O–H groups in total. The highest BCUT2D eigenvalue weighted by Crippen LogP contribution is 2.33. The van der Waals surface area contributed by atoms with Crippen LogP contribution in [-0.4, -0.2) is 0 Å². The topological polar surface area (TPSA) is 26.0 Å². The number of aryl methyl sites for hydroxylation is 1. The van der Waals surface area contributed by atoms with E-state index >= 15 is 0 Å². The first-order valence-corrected chi connectivity index (χ1v) is 6.89. The van der Waals surface area contributed by atoms with E-state index in [0.29, 0.717) is 5.92 Å². The van der Waals surface area contributed by atoms with Crippen molar-refractivity contribution in [3.05, 3.63) is 40.8 Å². The van der Waals surface area contributed by atoms with Crippen molar-refractivity contribution in [1.82, 2.24) is 0 Å². The van der Waals surface area contributed by atoms with Gasteiger partial charge in [0.1, 0.15) is 0 Å². The Morgan fingerprint density at radius 2 is 1.88 bits per heavy atom. The van der Waals surface area contributed by atoms with Gasteiger partial charge < -0.3 is 5.73 Å². The molecule has 0 saturated heterocycles. The molecule has 1 aromatic heterocycles. The van der Waals surface area contributed by atoms with Gasteiger partial charge >= 0.3 is 0 Å². The Morgan fingerprint density at radius 1 is 1.24 bits per heavy atom. The van der Waals surface area contributed by atoms with Crippen LogP contribution in [0.3, 0.4) is 0 Å². The van der Waals surface area contributed by atoms with Gasteiger partial charge in [-0.25, -0.2) is 0 Å². The standard InChI is InChI=1S/C15H19NS/c1-4-10(2)12-5-7-13(8-6-12)14-9-15(16)17-11(14)3/h5-10H,4,16H2,1-3H3. The molecule has 2 aromatic rings. The summed E-state index contributed by atoms with van der Waals surface area (Å²) in [5, 5.41) is 0.892. The summed E-state index contributed by atoms with van der Waals surface area (Å²) >= 11 is 1.66. The average molecular weight is 245 g/mol. The van der Waals surface area contributed by atoms with Gasteiger partial charge in [0.15, 0.2) is 0 Å².